The molecule has 0 N–H and O–H groups in total. The molecule has 0 spiro atoms. The summed E-state index contributed by atoms with van der Waals surface area (Å²) in [6.45, 7) is 6.19. The fraction of sp³-hybridized carbons (Fsp3) is 0.278. The second-order valence-corrected chi connectivity index (χ2v) is 6.20. The van der Waals surface area contributed by atoms with Crippen LogP contribution in [0.25, 0.3) is 11.1 Å². The Morgan fingerprint density at radius 2 is 1.41 bits per heavy atom. The minimum atomic E-state index is -4.42. The predicted molar refractivity (Wildman–Crippen MR) is 80.3 cm³/mol. The molecule has 0 atom stereocenters. The maximum atomic E-state index is 12.9. The molecule has 0 aliphatic rings. The fourth-order valence-electron chi connectivity index (χ4n) is 2.21. The third-order valence-corrected chi connectivity index (χ3v) is 3.53. The van der Waals surface area contributed by atoms with E-state index >= 15 is 0 Å². The number of hydrogen-bond acceptors (Lipinski definition) is 1. The van der Waals surface area contributed by atoms with Gasteiger partial charge in [-0.05, 0) is 34.7 Å². The van der Waals surface area contributed by atoms with Crippen LogP contribution in [0.5, 0.6) is 0 Å². The van der Waals surface area contributed by atoms with Gasteiger partial charge in [-0.2, -0.15) is 18.4 Å². The van der Waals surface area contributed by atoms with Gasteiger partial charge in [0, 0.05) is 5.56 Å². The molecule has 1 nitrogen and oxygen atoms in total. The summed E-state index contributed by atoms with van der Waals surface area (Å²) in [5, 5.41) is 9.13. The number of hydrogen-bond donors (Lipinski definition) is 0. The van der Waals surface area contributed by atoms with Gasteiger partial charge in [0.05, 0.1) is 17.2 Å². The molecule has 0 bridgehead atoms. The highest BCUT2D eigenvalue weighted by atomic mass is 19.4. The van der Waals surface area contributed by atoms with Gasteiger partial charge < -0.3 is 0 Å². The van der Waals surface area contributed by atoms with Crippen molar-refractivity contribution in [2.24, 2.45) is 0 Å². The van der Waals surface area contributed by atoms with E-state index in [1.54, 1.807) is 12.1 Å². The Labute approximate surface area is 128 Å². The maximum absolute atomic E-state index is 12.9. The summed E-state index contributed by atoms with van der Waals surface area (Å²) in [5.74, 6) is 0. The first-order valence-corrected chi connectivity index (χ1v) is 6.85. The molecule has 0 saturated heterocycles. The van der Waals surface area contributed by atoms with Crippen molar-refractivity contribution in [2.45, 2.75) is 32.4 Å². The lowest BCUT2D eigenvalue weighted by Gasteiger charge is -2.19. The minimum absolute atomic E-state index is 0.0373. The largest absolute Gasteiger partial charge is 0.416 e. The topological polar surface area (TPSA) is 23.8 Å². The molecule has 2 aromatic rings. The standard InChI is InChI=1S/C18H16F3N/c1-17(2,3)14-7-4-12(5-8-14)16-10-15(18(19,20)21)9-6-13(16)11-22/h4-10H,1-3H3. The first-order valence-electron chi connectivity index (χ1n) is 6.85. The number of rotatable bonds is 1. The number of nitrogens with zero attached hydrogens (tertiary/aromatic N) is 1. The van der Waals surface area contributed by atoms with E-state index in [4.69, 9.17) is 5.26 Å². The number of nitriles is 1. The third-order valence-electron chi connectivity index (χ3n) is 3.53. The summed E-state index contributed by atoms with van der Waals surface area (Å²) in [6.07, 6.45) is -4.42. The van der Waals surface area contributed by atoms with Crippen LogP contribution in [0, 0.1) is 11.3 Å². The van der Waals surface area contributed by atoms with Crippen LogP contribution < -0.4 is 0 Å². The van der Waals surface area contributed by atoms with Crippen molar-refractivity contribution in [3.05, 3.63) is 59.2 Å². The highest BCUT2D eigenvalue weighted by Gasteiger charge is 2.31. The van der Waals surface area contributed by atoms with E-state index in [0.29, 0.717) is 11.1 Å². The Balaban J connectivity index is 2.54. The lowest BCUT2D eigenvalue weighted by atomic mass is 9.86. The van der Waals surface area contributed by atoms with Crippen LogP contribution in [0.15, 0.2) is 42.5 Å². The summed E-state index contributed by atoms with van der Waals surface area (Å²) >= 11 is 0. The van der Waals surface area contributed by atoms with Gasteiger partial charge in [0.1, 0.15) is 0 Å². The van der Waals surface area contributed by atoms with Gasteiger partial charge >= 0.3 is 6.18 Å². The SMILES string of the molecule is CC(C)(C)c1ccc(-c2cc(C(F)(F)F)ccc2C#N)cc1. The van der Waals surface area contributed by atoms with Gasteiger partial charge in [0.15, 0.2) is 0 Å². The van der Waals surface area contributed by atoms with Gasteiger partial charge in [0.25, 0.3) is 0 Å². The molecule has 0 radical (unpaired) electrons. The third kappa shape index (κ3) is 3.30. The molecule has 0 aliphatic heterocycles. The maximum Gasteiger partial charge on any atom is 0.416 e. The van der Waals surface area contributed by atoms with E-state index in [9.17, 15) is 13.2 Å². The summed E-state index contributed by atoms with van der Waals surface area (Å²) in [6, 6.07) is 12.4. The van der Waals surface area contributed by atoms with Crippen LogP contribution in [0.2, 0.25) is 0 Å². The van der Waals surface area contributed by atoms with Crippen LogP contribution in [-0.4, -0.2) is 0 Å². The molecule has 0 unspecified atom stereocenters. The van der Waals surface area contributed by atoms with Crippen molar-refractivity contribution in [3.63, 3.8) is 0 Å². The summed E-state index contributed by atoms with van der Waals surface area (Å²) in [5.41, 5.74) is 1.44. The van der Waals surface area contributed by atoms with Crippen molar-refractivity contribution in [1.29, 1.82) is 5.26 Å². The first kappa shape index (κ1) is 16.1. The molecule has 0 saturated carbocycles. The van der Waals surface area contributed by atoms with Gasteiger partial charge in [-0.1, -0.05) is 45.0 Å². The number of halogens is 3. The molecule has 2 aromatic carbocycles. The molecular formula is C18H16F3N. The van der Waals surface area contributed by atoms with Gasteiger partial charge in [-0.25, -0.2) is 0 Å². The van der Waals surface area contributed by atoms with E-state index in [0.717, 1.165) is 17.7 Å². The predicted octanol–water partition coefficient (Wildman–Crippen LogP) is 5.54. The summed E-state index contributed by atoms with van der Waals surface area (Å²) in [4.78, 5) is 0. The Morgan fingerprint density at radius 1 is 0.864 bits per heavy atom. The normalized spacial score (nSPS) is 12.0. The Hall–Kier alpha value is -2.28. The first-order chi connectivity index (χ1) is 10.1. The summed E-state index contributed by atoms with van der Waals surface area (Å²) < 4.78 is 38.6. The van der Waals surface area contributed by atoms with Crippen LogP contribution in [0.1, 0.15) is 37.5 Å². The molecule has 0 fully saturated rings. The zero-order chi connectivity index (χ0) is 16.5. The zero-order valence-electron chi connectivity index (χ0n) is 12.6. The molecule has 2 rings (SSSR count). The quantitative estimate of drug-likeness (QED) is 0.678. The van der Waals surface area contributed by atoms with Crippen LogP contribution >= 0.6 is 0 Å². The van der Waals surface area contributed by atoms with Crippen LogP contribution in [0.3, 0.4) is 0 Å². The zero-order valence-corrected chi connectivity index (χ0v) is 12.6. The van der Waals surface area contributed by atoms with Crippen molar-refractivity contribution < 1.29 is 13.2 Å². The monoisotopic (exact) mass is 303 g/mol. The average Bonchev–Trinajstić information content (AvgIpc) is 2.45. The Morgan fingerprint density at radius 3 is 1.86 bits per heavy atom. The lowest BCUT2D eigenvalue weighted by molar-refractivity contribution is -0.137. The highest BCUT2D eigenvalue weighted by molar-refractivity contribution is 5.71. The van der Waals surface area contributed by atoms with Crippen molar-refractivity contribution in [3.8, 4) is 17.2 Å². The minimum Gasteiger partial charge on any atom is -0.192 e. The molecule has 0 heterocycles. The smallest absolute Gasteiger partial charge is 0.192 e. The van der Waals surface area contributed by atoms with Crippen molar-refractivity contribution >= 4 is 0 Å². The molecule has 0 aromatic heterocycles. The van der Waals surface area contributed by atoms with E-state index in [2.05, 4.69) is 20.8 Å². The Kier molecular flexibility index (Phi) is 4.02. The van der Waals surface area contributed by atoms with Gasteiger partial charge in [0.2, 0.25) is 0 Å². The average molecular weight is 303 g/mol. The van der Waals surface area contributed by atoms with E-state index in [1.165, 1.54) is 6.07 Å². The van der Waals surface area contributed by atoms with Crippen LogP contribution in [0.4, 0.5) is 13.2 Å². The molecule has 4 heteroatoms. The molecular weight excluding hydrogens is 287 g/mol. The van der Waals surface area contributed by atoms with Crippen LogP contribution in [-0.2, 0) is 11.6 Å². The van der Waals surface area contributed by atoms with Crippen molar-refractivity contribution in [1.82, 2.24) is 0 Å². The molecule has 114 valence electrons. The number of alkyl halides is 3. The molecule has 22 heavy (non-hydrogen) atoms. The summed E-state index contributed by atoms with van der Waals surface area (Å²) in [7, 11) is 0. The fourth-order valence-corrected chi connectivity index (χ4v) is 2.21. The molecule has 0 aliphatic carbocycles. The lowest BCUT2D eigenvalue weighted by Crippen LogP contribution is -2.10. The van der Waals surface area contributed by atoms with E-state index in [1.807, 2.05) is 18.2 Å². The highest BCUT2D eigenvalue weighted by Crippen LogP contribution is 2.34. The van der Waals surface area contributed by atoms with Gasteiger partial charge in [-0.3, -0.25) is 0 Å². The van der Waals surface area contributed by atoms with Crippen molar-refractivity contribution in [2.75, 3.05) is 0 Å². The number of benzene rings is 2. The van der Waals surface area contributed by atoms with E-state index in [-0.39, 0.29) is 11.0 Å². The Bertz CT molecular complexity index is 714. The second-order valence-electron chi connectivity index (χ2n) is 6.20. The van der Waals surface area contributed by atoms with Gasteiger partial charge in [-0.15, -0.1) is 0 Å². The molecule has 0 amide bonds. The van der Waals surface area contributed by atoms with E-state index < -0.39 is 11.7 Å². The second kappa shape index (κ2) is 5.49.